The molecule has 4 aliphatic carbocycles. The number of aliphatic hydroxyl groups is 1. The minimum Gasteiger partial charge on any atom is -0.497 e. The van der Waals surface area contributed by atoms with Crippen LogP contribution in [0.25, 0.3) is 11.5 Å². The number of methoxy groups -OCH3 is 1. The number of hydrogen-bond acceptors (Lipinski definition) is 7. The van der Waals surface area contributed by atoms with Gasteiger partial charge in [-0.3, -0.25) is 4.79 Å². The highest BCUT2D eigenvalue weighted by molar-refractivity contribution is 5.77. The molecule has 7 nitrogen and oxygen atoms in total. The lowest BCUT2D eigenvalue weighted by Gasteiger charge is -2.58. The van der Waals surface area contributed by atoms with Gasteiger partial charge in [-0.15, -0.1) is 10.2 Å². The molecule has 4 bridgehead atoms. The van der Waals surface area contributed by atoms with E-state index in [0.717, 1.165) is 43.4 Å². The molecular weight excluding hydrogens is 360 g/mol. The number of aromatic nitrogens is 2. The number of rotatable bonds is 5. The van der Waals surface area contributed by atoms with Crippen molar-refractivity contribution in [2.45, 2.75) is 50.7 Å². The van der Waals surface area contributed by atoms with Crippen LogP contribution in [0.15, 0.2) is 28.7 Å². The standard InChI is InChI=1S/C21H24N2O5/c1-26-16-4-2-15(3-5-16)18-23-22-17(28-18)11-27-19(24)20-7-13-6-14(8-20)10-21(25,9-13)12-20/h2-5,13-14,25H,6-12H2,1H3/t13-,14-,20?,21?/m1/s1. The second-order valence-corrected chi connectivity index (χ2v) is 8.77. The Hall–Kier alpha value is -2.41. The summed E-state index contributed by atoms with van der Waals surface area (Å²) in [4.78, 5) is 12.9. The van der Waals surface area contributed by atoms with Crippen molar-refractivity contribution in [3.63, 3.8) is 0 Å². The zero-order chi connectivity index (χ0) is 19.4. The number of ether oxygens (including phenoxy) is 2. The Balaban J connectivity index is 1.25. The van der Waals surface area contributed by atoms with Crippen molar-refractivity contribution in [1.29, 1.82) is 0 Å². The number of nitrogens with zero attached hydrogens (tertiary/aromatic N) is 2. The van der Waals surface area contributed by atoms with Crippen molar-refractivity contribution in [2.24, 2.45) is 17.3 Å². The fourth-order valence-corrected chi connectivity index (χ4v) is 5.90. The number of benzene rings is 1. The minimum atomic E-state index is -0.685. The Bertz CT molecular complexity index is 876. The Morgan fingerprint density at radius 1 is 1.18 bits per heavy atom. The second-order valence-electron chi connectivity index (χ2n) is 8.77. The monoisotopic (exact) mass is 384 g/mol. The maximum Gasteiger partial charge on any atom is 0.312 e. The van der Waals surface area contributed by atoms with E-state index >= 15 is 0 Å². The summed E-state index contributed by atoms with van der Waals surface area (Å²) in [5.41, 5.74) is -0.457. The van der Waals surface area contributed by atoms with Gasteiger partial charge in [-0.2, -0.15) is 0 Å². The molecule has 0 radical (unpaired) electrons. The molecule has 0 spiro atoms. The van der Waals surface area contributed by atoms with Gasteiger partial charge < -0.3 is 19.0 Å². The molecule has 7 heteroatoms. The Labute approximate surface area is 163 Å². The van der Waals surface area contributed by atoms with Crippen molar-refractivity contribution < 1.29 is 23.8 Å². The maximum absolute atomic E-state index is 12.9. The fourth-order valence-electron chi connectivity index (χ4n) is 5.90. The van der Waals surface area contributed by atoms with Crippen LogP contribution in [0.4, 0.5) is 0 Å². The zero-order valence-electron chi connectivity index (χ0n) is 15.9. The number of carbonyl (C=O) groups excluding carboxylic acids is 1. The van der Waals surface area contributed by atoms with E-state index in [2.05, 4.69) is 10.2 Å². The molecule has 1 aromatic carbocycles. The van der Waals surface area contributed by atoms with Gasteiger partial charge in [0.15, 0.2) is 6.61 Å². The molecule has 0 aliphatic heterocycles. The number of esters is 1. The molecule has 4 fully saturated rings. The summed E-state index contributed by atoms with van der Waals surface area (Å²) >= 11 is 0. The molecule has 1 heterocycles. The van der Waals surface area contributed by atoms with E-state index in [1.54, 1.807) is 7.11 Å². The molecule has 4 saturated carbocycles. The predicted octanol–water partition coefficient (Wildman–Crippen LogP) is 3.12. The number of carbonyl (C=O) groups is 1. The van der Waals surface area contributed by atoms with Gasteiger partial charge in [-0.25, -0.2) is 0 Å². The Morgan fingerprint density at radius 3 is 2.54 bits per heavy atom. The first-order valence-electron chi connectivity index (χ1n) is 9.83. The third kappa shape index (κ3) is 2.98. The lowest BCUT2D eigenvalue weighted by atomic mass is 9.48. The molecule has 0 saturated heterocycles. The first kappa shape index (κ1) is 17.7. The van der Waals surface area contributed by atoms with E-state index in [-0.39, 0.29) is 18.5 Å². The SMILES string of the molecule is COc1ccc(-c2nnc(COC(=O)C34C[C@H]5C[C@@H](CC(O)(C5)C3)C4)o2)cc1. The average molecular weight is 384 g/mol. The Morgan fingerprint density at radius 2 is 1.89 bits per heavy atom. The minimum absolute atomic E-state index is 0.0441. The van der Waals surface area contributed by atoms with E-state index in [1.807, 2.05) is 24.3 Å². The molecule has 1 N–H and O–H groups in total. The third-order valence-corrected chi connectivity index (χ3v) is 6.59. The van der Waals surface area contributed by atoms with Crippen LogP contribution in [0.1, 0.15) is 44.4 Å². The van der Waals surface area contributed by atoms with Crippen molar-refractivity contribution >= 4 is 5.97 Å². The molecular formula is C21H24N2O5. The smallest absolute Gasteiger partial charge is 0.312 e. The van der Waals surface area contributed by atoms with Crippen molar-refractivity contribution in [3.8, 4) is 17.2 Å². The normalized spacial score (nSPS) is 33.1. The van der Waals surface area contributed by atoms with Gasteiger partial charge in [0, 0.05) is 5.56 Å². The second kappa shape index (κ2) is 6.30. The first-order valence-corrected chi connectivity index (χ1v) is 9.83. The summed E-state index contributed by atoms with van der Waals surface area (Å²) in [6, 6.07) is 7.30. The molecule has 0 amide bonds. The lowest BCUT2D eigenvalue weighted by molar-refractivity contribution is -0.197. The van der Waals surface area contributed by atoms with Gasteiger partial charge in [-0.05, 0) is 74.6 Å². The largest absolute Gasteiger partial charge is 0.497 e. The van der Waals surface area contributed by atoms with Gasteiger partial charge in [-0.1, -0.05) is 0 Å². The van der Waals surface area contributed by atoms with E-state index in [9.17, 15) is 9.90 Å². The van der Waals surface area contributed by atoms with Crippen molar-refractivity contribution in [2.75, 3.05) is 7.11 Å². The van der Waals surface area contributed by atoms with Crippen LogP contribution in [-0.2, 0) is 16.1 Å². The molecule has 2 aromatic rings. The fraction of sp³-hybridized carbons (Fsp3) is 0.571. The molecule has 28 heavy (non-hydrogen) atoms. The van der Waals surface area contributed by atoms with Gasteiger partial charge in [0.2, 0.25) is 5.89 Å². The van der Waals surface area contributed by atoms with Crippen molar-refractivity contribution in [3.05, 3.63) is 30.2 Å². The van der Waals surface area contributed by atoms with Gasteiger partial charge in [0.25, 0.3) is 5.89 Å². The van der Waals surface area contributed by atoms with E-state index in [0.29, 0.717) is 24.1 Å². The Kier molecular flexibility index (Phi) is 3.98. The van der Waals surface area contributed by atoms with Gasteiger partial charge >= 0.3 is 5.97 Å². The highest BCUT2D eigenvalue weighted by atomic mass is 16.5. The maximum atomic E-state index is 12.9. The van der Waals surface area contributed by atoms with Gasteiger partial charge in [0.05, 0.1) is 18.1 Å². The molecule has 0 unspecified atom stereocenters. The van der Waals surface area contributed by atoms with Crippen LogP contribution in [-0.4, -0.2) is 34.0 Å². The van der Waals surface area contributed by atoms with Crippen LogP contribution in [0.5, 0.6) is 5.75 Å². The van der Waals surface area contributed by atoms with E-state index in [4.69, 9.17) is 13.9 Å². The quantitative estimate of drug-likeness (QED) is 0.792. The predicted molar refractivity (Wildman–Crippen MR) is 98.1 cm³/mol. The average Bonchev–Trinajstić information content (AvgIpc) is 3.13. The number of hydrogen-bond donors (Lipinski definition) is 1. The van der Waals surface area contributed by atoms with Crippen molar-refractivity contribution in [1.82, 2.24) is 10.2 Å². The molecule has 2 atom stereocenters. The summed E-state index contributed by atoms with van der Waals surface area (Å²) < 4.78 is 16.4. The van der Waals surface area contributed by atoms with Crippen LogP contribution in [0, 0.1) is 17.3 Å². The highest BCUT2D eigenvalue weighted by Gasteiger charge is 2.60. The molecule has 1 aromatic heterocycles. The van der Waals surface area contributed by atoms with Crippen LogP contribution in [0.2, 0.25) is 0 Å². The molecule has 6 rings (SSSR count). The van der Waals surface area contributed by atoms with E-state index < -0.39 is 11.0 Å². The lowest BCUT2D eigenvalue weighted by Crippen LogP contribution is -2.58. The summed E-state index contributed by atoms with van der Waals surface area (Å²) in [5, 5.41) is 18.8. The first-order chi connectivity index (χ1) is 13.5. The summed E-state index contributed by atoms with van der Waals surface area (Å²) in [6.45, 7) is -0.0441. The molecule has 4 aliphatic rings. The zero-order valence-corrected chi connectivity index (χ0v) is 15.9. The van der Waals surface area contributed by atoms with Crippen LogP contribution < -0.4 is 4.74 Å². The van der Waals surface area contributed by atoms with Gasteiger partial charge in [0.1, 0.15) is 5.75 Å². The summed E-state index contributed by atoms with van der Waals surface area (Å²) in [5.74, 6) is 2.02. The topological polar surface area (TPSA) is 94.7 Å². The highest BCUT2D eigenvalue weighted by Crippen LogP contribution is 2.62. The third-order valence-electron chi connectivity index (χ3n) is 6.59. The molecule has 148 valence electrons. The summed E-state index contributed by atoms with van der Waals surface area (Å²) in [6.07, 6.45) is 4.96. The van der Waals surface area contributed by atoms with E-state index in [1.165, 1.54) is 0 Å². The van der Waals surface area contributed by atoms with Crippen LogP contribution >= 0.6 is 0 Å². The van der Waals surface area contributed by atoms with Crippen LogP contribution in [0.3, 0.4) is 0 Å². The summed E-state index contributed by atoms with van der Waals surface area (Å²) in [7, 11) is 1.61.